The van der Waals surface area contributed by atoms with E-state index >= 15 is 0 Å². The predicted molar refractivity (Wildman–Crippen MR) is 111 cm³/mol. The molecule has 1 aromatic carbocycles. The first-order chi connectivity index (χ1) is 14.7. The molecule has 2 atom stereocenters. The van der Waals surface area contributed by atoms with Crippen LogP contribution in [-0.2, 0) is 23.9 Å². The van der Waals surface area contributed by atoms with Gasteiger partial charge < -0.3 is 15.2 Å². The van der Waals surface area contributed by atoms with Crippen molar-refractivity contribution < 1.29 is 28.8 Å². The summed E-state index contributed by atoms with van der Waals surface area (Å²) in [5.74, 6) is -3.23. The van der Waals surface area contributed by atoms with Crippen LogP contribution in [0.2, 0.25) is 0 Å². The summed E-state index contributed by atoms with van der Waals surface area (Å²) < 4.78 is 10.4. The molecule has 31 heavy (non-hydrogen) atoms. The molecule has 2 aliphatic heterocycles. The van der Waals surface area contributed by atoms with E-state index in [2.05, 4.69) is 0 Å². The maximum Gasteiger partial charge on any atom is 0.338 e. The summed E-state index contributed by atoms with van der Waals surface area (Å²) >= 11 is 1.11. The normalized spacial score (nSPS) is 20.6. The minimum Gasteiger partial charge on any atom is -0.463 e. The van der Waals surface area contributed by atoms with E-state index in [0.29, 0.717) is 0 Å². The van der Waals surface area contributed by atoms with E-state index in [1.807, 2.05) is 0 Å². The van der Waals surface area contributed by atoms with Crippen LogP contribution in [0.25, 0.3) is 0 Å². The highest BCUT2D eigenvalue weighted by atomic mass is 32.2. The van der Waals surface area contributed by atoms with Crippen LogP contribution in [0, 0.1) is 10.1 Å². The molecular formula is C20H21N3O7S. The van der Waals surface area contributed by atoms with E-state index in [9.17, 15) is 24.5 Å². The zero-order valence-corrected chi connectivity index (χ0v) is 17.9. The van der Waals surface area contributed by atoms with E-state index in [1.54, 1.807) is 26.8 Å². The van der Waals surface area contributed by atoms with Crippen molar-refractivity contribution in [2.24, 2.45) is 5.73 Å². The lowest BCUT2D eigenvalue weighted by Gasteiger charge is -2.33. The molecule has 1 saturated heterocycles. The Morgan fingerprint density at radius 2 is 1.81 bits per heavy atom. The zero-order chi connectivity index (χ0) is 22.9. The molecule has 0 aromatic heterocycles. The van der Waals surface area contributed by atoms with Crippen molar-refractivity contribution in [2.75, 3.05) is 13.2 Å². The van der Waals surface area contributed by atoms with Crippen LogP contribution in [-0.4, -0.2) is 46.1 Å². The number of nitro benzene ring substituents is 1. The lowest BCUT2D eigenvalue weighted by Crippen LogP contribution is -2.40. The van der Waals surface area contributed by atoms with E-state index < -0.39 is 33.9 Å². The monoisotopic (exact) mass is 447 g/mol. The van der Waals surface area contributed by atoms with Gasteiger partial charge in [0.05, 0.1) is 45.5 Å². The van der Waals surface area contributed by atoms with Crippen molar-refractivity contribution in [3.8, 4) is 0 Å². The second kappa shape index (κ2) is 8.80. The van der Waals surface area contributed by atoms with Gasteiger partial charge >= 0.3 is 11.9 Å². The maximum atomic E-state index is 13.0. The summed E-state index contributed by atoms with van der Waals surface area (Å²) in [5.41, 5.74) is 6.19. The number of carbonyl (C=O) groups excluding carboxylic acids is 3. The fraction of sp³-hybridized carbons (Fsp3) is 0.350. The fourth-order valence-electron chi connectivity index (χ4n) is 3.50. The Kier molecular flexibility index (Phi) is 6.34. The predicted octanol–water partition coefficient (Wildman–Crippen LogP) is 2.16. The second-order valence-corrected chi connectivity index (χ2v) is 8.01. The van der Waals surface area contributed by atoms with Gasteiger partial charge in [0.25, 0.3) is 5.69 Å². The summed E-state index contributed by atoms with van der Waals surface area (Å²) in [5, 5.41) is 11.0. The number of nitrogens with zero attached hydrogens (tertiary/aromatic N) is 2. The third-order valence-corrected chi connectivity index (χ3v) is 5.97. The average molecular weight is 447 g/mol. The van der Waals surface area contributed by atoms with Crippen LogP contribution >= 0.6 is 11.8 Å². The van der Waals surface area contributed by atoms with Crippen LogP contribution < -0.4 is 5.73 Å². The smallest absolute Gasteiger partial charge is 0.338 e. The molecule has 0 saturated carbocycles. The molecular weight excluding hydrogens is 426 g/mol. The number of hydrogen-bond donors (Lipinski definition) is 1. The number of amides is 1. The Hall–Kier alpha value is -3.34. The van der Waals surface area contributed by atoms with Gasteiger partial charge in [-0.15, -0.1) is 0 Å². The largest absolute Gasteiger partial charge is 0.463 e. The molecule has 0 bridgehead atoms. The summed E-state index contributed by atoms with van der Waals surface area (Å²) in [4.78, 5) is 50.5. The molecule has 0 radical (unpaired) electrons. The molecule has 0 spiro atoms. The van der Waals surface area contributed by atoms with Crippen molar-refractivity contribution in [1.29, 1.82) is 0 Å². The van der Waals surface area contributed by atoms with Gasteiger partial charge in [0.15, 0.2) is 0 Å². The van der Waals surface area contributed by atoms with Gasteiger partial charge in [-0.05, 0) is 26.3 Å². The van der Waals surface area contributed by atoms with Gasteiger partial charge in [-0.25, -0.2) is 9.59 Å². The molecule has 2 heterocycles. The Bertz CT molecular complexity index is 1030. The van der Waals surface area contributed by atoms with E-state index in [1.165, 1.54) is 18.2 Å². The Morgan fingerprint density at radius 1 is 1.19 bits per heavy atom. The Morgan fingerprint density at radius 3 is 2.39 bits per heavy atom. The molecule has 11 heteroatoms. The number of rotatable bonds is 6. The topological polar surface area (TPSA) is 142 Å². The first-order valence-corrected chi connectivity index (χ1v) is 10.4. The van der Waals surface area contributed by atoms with Crippen LogP contribution in [0.5, 0.6) is 0 Å². The number of benzene rings is 1. The van der Waals surface area contributed by atoms with Gasteiger partial charge in [0.1, 0.15) is 5.82 Å². The number of carbonyl (C=O) groups is 3. The molecule has 0 aliphatic carbocycles. The molecule has 2 aliphatic rings. The van der Waals surface area contributed by atoms with Gasteiger partial charge in [0, 0.05) is 12.1 Å². The number of non-ortho nitro benzene ring substituents is 1. The number of ether oxygens (including phenoxy) is 2. The molecule has 1 amide bonds. The first-order valence-electron chi connectivity index (χ1n) is 9.55. The third-order valence-electron chi connectivity index (χ3n) is 4.79. The van der Waals surface area contributed by atoms with Crippen molar-refractivity contribution in [2.45, 2.75) is 31.9 Å². The summed E-state index contributed by atoms with van der Waals surface area (Å²) in [6.07, 6.45) is 0. The second-order valence-electron chi connectivity index (χ2n) is 6.68. The van der Waals surface area contributed by atoms with Gasteiger partial charge in [-0.2, -0.15) is 0 Å². The van der Waals surface area contributed by atoms with Gasteiger partial charge in [0.2, 0.25) is 5.91 Å². The first kappa shape index (κ1) is 22.3. The zero-order valence-electron chi connectivity index (χ0n) is 17.1. The SMILES string of the molecule is CCOC(=O)C1=C(N)N2C(=O)[C@H](C)SC2=C(C(=O)OCC)[C@H]1c1cccc([N+](=O)[O-])c1. The highest BCUT2D eigenvalue weighted by molar-refractivity contribution is 8.04. The standard InChI is InChI=1S/C20H21N3O7S/c1-4-29-19(25)14-13(11-7-6-8-12(9-11)23(27)28)15(20(26)30-5-2)18-22(16(14)21)17(24)10(3)31-18/h6-10,13H,4-5,21H2,1-3H3/t10-,13-/m0/s1. The van der Waals surface area contributed by atoms with Crippen LogP contribution in [0.15, 0.2) is 46.3 Å². The lowest BCUT2D eigenvalue weighted by molar-refractivity contribution is -0.384. The van der Waals surface area contributed by atoms with Crippen LogP contribution in [0.4, 0.5) is 5.69 Å². The molecule has 1 fully saturated rings. The third kappa shape index (κ3) is 3.88. The molecule has 10 nitrogen and oxygen atoms in total. The van der Waals surface area contributed by atoms with Crippen LogP contribution in [0.3, 0.4) is 0 Å². The van der Waals surface area contributed by atoms with E-state index in [-0.39, 0.29) is 46.5 Å². The number of esters is 2. The quantitative estimate of drug-likeness (QED) is 0.394. The van der Waals surface area contributed by atoms with E-state index in [4.69, 9.17) is 15.2 Å². The van der Waals surface area contributed by atoms with Crippen LogP contribution in [0.1, 0.15) is 32.3 Å². The number of nitrogens with two attached hydrogens (primary N) is 1. The molecule has 164 valence electrons. The van der Waals surface area contributed by atoms with Crippen molar-refractivity contribution >= 4 is 35.3 Å². The van der Waals surface area contributed by atoms with Crippen molar-refractivity contribution in [3.63, 3.8) is 0 Å². The summed E-state index contributed by atoms with van der Waals surface area (Å²) in [6, 6.07) is 5.55. The minimum absolute atomic E-state index is 0.0160. The molecule has 1 aromatic rings. The lowest BCUT2D eigenvalue weighted by atomic mass is 9.82. The van der Waals surface area contributed by atoms with Crippen molar-refractivity contribution in [3.05, 3.63) is 61.9 Å². The van der Waals surface area contributed by atoms with E-state index in [0.717, 1.165) is 16.7 Å². The highest BCUT2D eigenvalue weighted by Crippen LogP contribution is 2.50. The number of thioether (sulfide) groups is 1. The Balaban J connectivity index is 2.32. The maximum absolute atomic E-state index is 13.0. The Labute approximate surface area is 182 Å². The minimum atomic E-state index is -1.10. The van der Waals surface area contributed by atoms with Crippen molar-refractivity contribution in [1.82, 2.24) is 4.90 Å². The fourth-order valence-corrected chi connectivity index (χ4v) is 4.66. The van der Waals surface area contributed by atoms with Gasteiger partial charge in [-0.1, -0.05) is 23.9 Å². The number of nitro groups is 1. The average Bonchev–Trinajstić information content (AvgIpc) is 3.02. The number of hydrogen-bond acceptors (Lipinski definition) is 9. The van der Waals surface area contributed by atoms with Gasteiger partial charge in [-0.3, -0.25) is 19.8 Å². The molecule has 0 unspecified atom stereocenters. The number of fused-ring (bicyclic) bond motifs is 1. The highest BCUT2D eigenvalue weighted by Gasteiger charge is 2.49. The molecule has 3 rings (SSSR count). The summed E-state index contributed by atoms with van der Waals surface area (Å²) in [6.45, 7) is 4.96. The summed E-state index contributed by atoms with van der Waals surface area (Å²) in [7, 11) is 0. The molecule has 2 N–H and O–H groups in total.